The smallest absolute Gasteiger partial charge is 0.460 e. The Kier molecular flexibility index (Phi) is 14.6. The van der Waals surface area contributed by atoms with E-state index in [1.807, 2.05) is 13.8 Å². The number of nitrogens with zero attached hydrogens (tertiary/aromatic N) is 1. The number of hydrogen-bond acceptors (Lipinski definition) is 3. The van der Waals surface area contributed by atoms with Crippen molar-refractivity contribution in [2.45, 2.75) is 26.9 Å². The third-order valence-corrected chi connectivity index (χ3v) is 2.79. The predicted molar refractivity (Wildman–Crippen MR) is 90.0 cm³/mol. The van der Waals surface area contributed by atoms with Crippen LogP contribution in [0.4, 0.5) is 8.78 Å². The Labute approximate surface area is 189 Å². The van der Waals surface area contributed by atoms with E-state index < -0.39 is 12.5 Å². The van der Waals surface area contributed by atoms with Gasteiger partial charge in [-0.1, -0.05) is 43.3 Å². The normalized spacial score (nSPS) is 11.7. The zero-order valence-corrected chi connectivity index (χ0v) is 18.0. The first kappa shape index (κ1) is 25.7. The Bertz CT molecular complexity index is 575. The molecular weight excluding hydrogens is 363 g/mol. The van der Waals surface area contributed by atoms with Crippen molar-refractivity contribution in [1.29, 1.82) is 0 Å². The number of rotatable bonds is 5. The van der Waals surface area contributed by atoms with E-state index in [0.29, 0.717) is 5.02 Å². The summed E-state index contributed by atoms with van der Waals surface area (Å²) in [5.74, 6) is -0.638. The molecule has 0 atom stereocenters. The summed E-state index contributed by atoms with van der Waals surface area (Å²) < 4.78 is 24.2. The van der Waals surface area contributed by atoms with Crippen molar-refractivity contribution >= 4 is 23.2 Å². The molecule has 0 aliphatic rings. The Morgan fingerprint density at radius 3 is 2.25 bits per heavy atom. The number of halogens is 3. The number of amides is 1. The zero-order valence-electron chi connectivity index (χ0n) is 14.1. The number of aliphatic imine (C=N–C) groups is 1. The first-order chi connectivity index (χ1) is 10.8. The van der Waals surface area contributed by atoms with Gasteiger partial charge in [-0.15, -0.1) is 0 Å². The van der Waals surface area contributed by atoms with E-state index in [1.54, 1.807) is 24.3 Å². The average Bonchev–Trinajstić information content (AvgIpc) is 2.53. The quantitative estimate of drug-likeness (QED) is 0.256. The summed E-state index contributed by atoms with van der Waals surface area (Å²) in [6.07, 6.45) is 0. The summed E-state index contributed by atoms with van der Waals surface area (Å²) >= 11 is 5.74. The number of hydrogen-bond donors (Lipinski definition) is 2. The van der Waals surface area contributed by atoms with Crippen LogP contribution >= 0.6 is 11.6 Å². The molecule has 3 N–H and O–H groups in total. The monoisotopic (exact) mass is 382 g/mol. The standard InChI is InChI=1S/C14H14ClF2N3O.C2H6.K/c1-8(9(2)20-14(16)17)12(18)13(21)19-7-10-3-5-11(15)6-4-10;1-2;/h3-6,14H,1-2,7,18H2,(H,19,21);1-2H3;/q-2;;+1/b12-8-,20-9+;;. The van der Waals surface area contributed by atoms with E-state index in [4.69, 9.17) is 17.3 Å². The molecule has 4 nitrogen and oxygen atoms in total. The van der Waals surface area contributed by atoms with E-state index >= 15 is 0 Å². The largest absolute Gasteiger partial charge is 1.00 e. The molecule has 1 aromatic carbocycles. The minimum atomic E-state index is -2.93. The maximum Gasteiger partial charge on any atom is 1.00 e. The topological polar surface area (TPSA) is 67.5 Å². The maximum absolute atomic E-state index is 12.1. The molecule has 1 rings (SSSR count). The van der Waals surface area contributed by atoms with Crippen LogP contribution < -0.4 is 62.4 Å². The van der Waals surface area contributed by atoms with Crippen LogP contribution in [0.5, 0.6) is 0 Å². The molecule has 0 aliphatic carbocycles. The van der Waals surface area contributed by atoms with E-state index in [2.05, 4.69) is 24.2 Å². The van der Waals surface area contributed by atoms with Gasteiger partial charge in [-0.05, 0) is 17.7 Å². The third kappa shape index (κ3) is 9.66. The van der Waals surface area contributed by atoms with E-state index in [9.17, 15) is 13.6 Å². The van der Waals surface area contributed by atoms with Gasteiger partial charge in [0.15, 0.2) is 5.91 Å². The fraction of sp³-hybridized carbons (Fsp3) is 0.250. The first-order valence-electron chi connectivity index (χ1n) is 6.84. The van der Waals surface area contributed by atoms with E-state index in [1.165, 1.54) is 0 Å². The SMILES string of the molecule is CC.[CH2-]C(=C(/N)C(=O)NCc1ccc(Cl)cc1)/C([CH2-])=N/C(F)F.[K+]. The number of alkyl halides is 2. The summed E-state index contributed by atoms with van der Waals surface area (Å²) in [4.78, 5) is 14.7. The zero-order chi connectivity index (χ0) is 18.0. The van der Waals surface area contributed by atoms with Crippen molar-refractivity contribution in [1.82, 2.24) is 5.32 Å². The van der Waals surface area contributed by atoms with Gasteiger partial charge in [0.05, 0.1) is 0 Å². The second kappa shape index (κ2) is 13.7. The fourth-order valence-corrected chi connectivity index (χ4v) is 1.49. The molecule has 8 heteroatoms. The molecule has 0 heterocycles. The molecule has 0 saturated heterocycles. The van der Waals surface area contributed by atoms with Crippen LogP contribution in [0.25, 0.3) is 0 Å². The van der Waals surface area contributed by atoms with Crippen LogP contribution in [-0.4, -0.2) is 18.2 Å². The number of nitrogens with two attached hydrogens (primary N) is 1. The van der Waals surface area contributed by atoms with Crippen molar-refractivity contribution in [2.24, 2.45) is 10.7 Å². The van der Waals surface area contributed by atoms with Gasteiger partial charge >= 0.3 is 57.9 Å². The van der Waals surface area contributed by atoms with Gasteiger partial charge in [-0.3, -0.25) is 24.2 Å². The number of benzene rings is 1. The molecule has 0 aromatic heterocycles. The Morgan fingerprint density at radius 2 is 1.79 bits per heavy atom. The summed E-state index contributed by atoms with van der Waals surface area (Å²) in [7, 11) is 0. The molecule has 0 fully saturated rings. The summed E-state index contributed by atoms with van der Waals surface area (Å²) in [5, 5.41) is 3.11. The second-order valence-electron chi connectivity index (χ2n) is 4.05. The van der Waals surface area contributed by atoms with Crippen LogP contribution in [0.15, 0.2) is 40.5 Å². The molecule has 0 unspecified atom stereocenters. The maximum atomic E-state index is 12.1. The number of carbonyl (C=O) groups excluding carboxylic acids is 1. The van der Waals surface area contributed by atoms with E-state index in [0.717, 1.165) is 5.56 Å². The molecule has 0 aliphatic heterocycles. The van der Waals surface area contributed by atoms with Gasteiger partial charge in [0.25, 0.3) is 0 Å². The van der Waals surface area contributed by atoms with Crippen LogP contribution in [0.3, 0.4) is 0 Å². The molecule has 0 bridgehead atoms. The van der Waals surface area contributed by atoms with Crippen molar-refractivity contribution in [3.63, 3.8) is 0 Å². The summed E-state index contributed by atoms with van der Waals surface area (Å²) in [6.45, 7) is 7.99. The Balaban J connectivity index is 0. The van der Waals surface area contributed by atoms with Crippen LogP contribution in [0.1, 0.15) is 19.4 Å². The van der Waals surface area contributed by atoms with Gasteiger partial charge in [-0.2, -0.15) is 8.78 Å². The number of allylic oxidation sites excluding steroid dienone is 1. The summed E-state index contributed by atoms with van der Waals surface area (Å²) in [5.41, 5.74) is 5.58. The van der Waals surface area contributed by atoms with Crippen molar-refractivity contribution in [2.75, 3.05) is 0 Å². The molecule has 1 aromatic rings. The Morgan fingerprint density at radius 1 is 1.29 bits per heavy atom. The molecule has 24 heavy (non-hydrogen) atoms. The molecule has 128 valence electrons. The molecule has 0 radical (unpaired) electrons. The van der Waals surface area contributed by atoms with Crippen molar-refractivity contribution in [3.8, 4) is 0 Å². The van der Waals surface area contributed by atoms with Crippen LogP contribution in [-0.2, 0) is 11.3 Å². The number of carbonyl (C=O) groups is 1. The van der Waals surface area contributed by atoms with Crippen LogP contribution in [0.2, 0.25) is 5.02 Å². The van der Waals surface area contributed by atoms with E-state index in [-0.39, 0.29) is 74.9 Å². The predicted octanol–water partition coefficient (Wildman–Crippen LogP) is 0.531. The minimum absolute atomic E-state index is 0. The van der Waals surface area contributed by atoms with Gasteiger partial charge in [0, 0.05) is 11.6 Å². The molecule has 1 amide bonds. The molecule has 0 spiro atoms. The average molecular weight is 383 g/mol. The van der Waals surface area contributed by atoms with Crippen molar-refractivity contribution in [3.05, 3.63) is 60.0 Å². The summed E-state index contributed by atoms with van der Waals surface area (Å²) in [6, 6.07) is 6.83. The third-order valence-electron chi connectivity index (χ3n) is 2.54. The molecular formula is C16H20ClF2KN3O-. The molecule has 0 saturated carbocycles. The van der Waals surface area contributed by atoms with Gasteiger partial charge in [0.2, 0.25) is 0 Å². The second-order valence-corrected chi connectivity index (χ2v) is 4.49. The van der Waals surface area contributed by atoms with Gasteiger partial charge in [-0.25, -0.2) is 5.71 Å². The first-order valence-corrected chi connectivity index (χ1v) is 7.21. The fourth-order valence-electron chi connectivity index (χ4n) is 1.37. The van der Waals surface area contributed by atoms with Gasteiger partial charge < -0.3 is 16.0 Å². The Hall–Kier alpha value is -0.574. The van der Waals surface area contributed by atoms with Crippen molar-refractivity contribution < 1.29 is 65.0 Å². The number of nitrogens with one attached hydrogen (secondary N) is 1. The minimum Gasteiger partial charge on any atom is -0.460 e. The van der Waals surface area contributed by atoms with Crippen LogP contribution in [0, 0.1) is 13.8 Å². The van der Waals surface area contributed by atoms with Gasteiger partial charge in [0.1, 0.15) is 0 Å².